The van der Waals surface area contributed by atoms with Gasteiger partial charge in [0.15, 0.2) is 5.82 Å². The Kier molecular flexibility index (Phi) is 2.29. The predicted octanol–water partition coefficient (Wildman–Crippen LogP) is 1.64. The van der Waals surface area contributed by atoms with Gasteiger partial charge in [0, 0.05) is 18.4 Å². The maximum absolute atomic E-state index is 4.31. The lowest BCUT2D eigenvalue weighted by Gasteiger charge is -2.19. The molecular formula is C11H13N5. The zero-order chi connectivity index (χ0) is 10.8. The summed E-state index contributed by atoms with van der Waals surface area (Å²) in [7, 11) is 0. The molecule has 1 unspecified atom stereocenters. The standard InChI is InChI=1S/C11H13N5/c1-2-4-9(5-3-1)14-10-11-15-13-8-16(11)7-6-12-10/h1-2,6-9H,3-5H2,(H,12,14). The number of fused-ring (bicyclic) bond motifs is 1. The van der Waals surface area contributed by atoms with Gasteiger partial charge in [0.1, 0.15) is 6.33 Å². The Morgan fingerprint density at radius 2 is 2.38 bits per heavy atom. The van der Waals surface area contributed by atoms with Gasteiger partial charge in [-0.2, -0.15) is 0 Å². The number of anilines is 1. The molecule has 1 aliphatic carbocycles. The van der Waals surface area contributed by atoms with E-state index >= 15 is 0 Å². The molecule has 0 spiro atoms. The SMILES string of the molecule is C1=CCC(Nc2nccn3cnnc23)CC1. The summed E-state index contributed by atoms with van der Waals surface area (Å²) in [5.74, 6) is 0.820. The number of aromatic nitrogens is 4. The number of rotatable bonds is 2. The fourth-order valence-electron chi connectivity index (χ4n) is 1.98. The van der Waals surface area contributed by atoms with Gasteiger partial charge in [-0.05, 0) is 19.3 Å². The summed E-state index contributed by atoms with van der Waals surface area (Å²) in [6, 6.07) is 0.459. The molecule has 3 rings (SSSR count). The van der Waals surface area contributed by atoms with Crippen molar-refractivity contribution in [3.8, 4) is 0 Å². The zero-order valence-corrected chi connectivity index (χ0v) is 8.87. The van der Waals surface area contributed by atoms with E-state index in [4.69, 9.17) is 0 Å². The smallest absolute Gasteiger partial charge is 0.203 e. The van der Waals surface area contributed by atoms with Crippen LogP contribution in [0.15, 0.2) is 30.9 Å². The van der Waals surface area contributed by atoms with Crippen LogP contribution >= 0.6 is 0 Å². The lowest BCUT2D eigenvalue weighted by molar-refractivity contribution is 0.642. The molecule has 1 aliphatic rings. The Hall–Kier alpha value is -1.91. The molecule has 0 radical (unpaired) electrons. The summed E-state index contributed by atoms with van der Waals surface area (Å²) in [5, 5.41) is 11.4. The molecule has 5 heteroatoms. The fraction of sp³-hybridized carbons (Fsp3) is 0.364. The van der Waals surface area contributed by atoms with Gasteiger partial charge >= 0.3 is 0 Å². The van der Waals surface area contributed by atoms with Crippen LogP contribution in [0, 0.1) is 0 Å². The van der Waals surface area contributed by atoms with E-state index in [-0.39, 0.29) is 0 Å². The van der Waals surface area contributed by atoms with E-state index in [1.807, 2.05) is 10.6 Å². The molecule has 0 amide bonds. The van der Waals surface area contributed by atoms with Crippen molar-refractivity contribution in [2.45, 2.75) is 25.3 Å². The summed E-state index contributed by atoms with van der Waals surface area (Å²) < 4.78 is 1.87. The van der Waals surface area contributed by atoms with Crippen LogP contribution < -0.4 is 5.32 Å². The molecule has 2 aromatic heterocycles. The predicted molar refractivity (Wildman–Crippen MR) is 61.2 cm³/mol. The minimum atomic E-state index is 0.459. The molecule has 16 heavy (non-hydrogen) atoms. The largest absolute Gasteiger partial charge is 0.364 e. The maximum Gasteiger partial charge on any atom is 0.203 e. The average Bonchev–Trinajstić information content (AvgIpc) is 2.80. The first-order valence-corrected chi connectivity index (χ1v) is 5.49. The van der Waals surface area contributed by atoms with Crippen molar-refractivity contribution < 1.29 is 0 Å². The number of allylic oxidation sites excluding steroid dienone is 1. The first-order chi connectivity index (χ1) is 7.93. The third-order valence-electron chi connectivity index (χ3n) is 2.83. The Morgan fingerprint density at radius 3 is 3.25 bits per heavy atom. The number of hydrogen-bond donors (Lipinski definition) is 1. The van der Waals surface area contributed by atoms with Gasteiger partial charge in [-0.15, -0.1) is 10.2 Å². The minimum absolute atomic E-state index is 0.459. The molecule has 2 heterocycles. The van der Waals surface area contributed by atoms with E-state index in [0.717, 1.165) is 30.7 Å². The fourth-order valence-corrected chi connectivity index (χ4v) is 1.98. The van der Waals surface area contributed by atoms with Crippen molar-refractivity contribution in [2.75, 3.05) is 5.32 Å². The van der Waals surface area contributed by atoms with Crippen LogP contribution in [-0.4, -0.2) is 25.6 Å². The first-order valence-electron chi connectivity index (χ1n) is 5.49. The Bertz CT molecular complexity index is 516. The summed E-state index contributed by atoms with van der Waals surface area (Å²) in [4.78, 5) is 4.31. The normalized spacial score (nSPS) is 20.1. The van der Waals surface area contributed by atoms with Crippen molar-refractivity contribution in [3.05, 3.63) is 30.9 Å². The number of hydrogen-bond acceptors (Lipinski definition) is 4. The van der Waals surface area contributed by atoms with Gasteiger partial charge < -0.3 is 5.32 Å². The average molecular weight is 215 g/mol. The van der Waals surface area contributed by atoms with E-state index < -0.39 is 0 Å². The van der Waals surface area contributed by atoms with Crippen LogP contribution in [0.25, 0.3) is 5.65 Å². The highest BCUT2D eigenvalue weighted by Crippen LogP contribution is 2.17. The third kappa shape index (κ3) is 1.64. The van der Waals surface area contributed by atoms with Crippen LogP contribution in [0.2, 0.25) is 0 Å². The van der Waals surface area contributed by atoms with Crippen molar-refractivity contribution in [2.24, 2.45) is 0 Å². The molecule has 1 atom stereocenters. The van der Waals surface area contributed by atoms with Crippen molar-refractivity contribution in [1.82, 2.24) is 19.6 Å². The van der Waals surface area contributed by atoms with Crippen LogP contribution in [0.5, 0.6) is 0 Å². The van der Waals surface area contributed by atoms with E-state index in [9.17, 15) is 0 Å². The molecule has 5 nitrogen and oxygen atoms in total. The lowest BCUT2D eigenvalue weighted by atomic mass is 10.0. The van der Waals surface area contributed by atoms with Crippen LogP contribution in [0.3, 0.4) is 0 Å². The molecule has 0 bridgehead atoms. The summed E-state index contributed by atoms with van der Waals surface area (Å²) in [5.41, 5.74) is 0.789. The second-order valence-electron chi connectivity index (χ2n) is 3.96. The molecule has 0 aromatic carbocycles. The quantitative estimate of drug-likeness (QED) is 0.774. The van der Waals surface area contributed by atoms with Gasteiger partial charge in [-0.1, -0.05) is 12.2 Å². The van der Waals surface area contributed by atoms with E-state index in [1.165, 1.54) is 0 Å². The second-order valence-corrected chi connectivity index (χ2v) is 3.96. The Labute approximate surface area is 93.2 Å². The van der Waals surface area contributed by atoms with Crippen LogP contribution in [0.1, 0.15) is 19.3 Å². The summed E-state index contributed by atoms with van der Waals surface area (Å²) in [6.45, 7) is 0. The van der Waals surface area contributed by atoms with E-state index in [2.05, 4.69) is 32.7 Å². The molecule has 0 aliphatic heterocycles. The Balaban J connectivity index is 1.88. The topological polar surface area (TPSA) is 55.1 Å². The second kappa shape index (κ2) is 3.92. The molecule has 1 N–H and O–H groups in total. The number of nitrogens with zero attached hydrogens (tertiary/aromatic N) is 4. The first kappa shape index (κ1) is 9.33. The van der Waals surface area contributed by atoms with Gasteiger partial charge in [0.2, 0.25) is 5.65 Å². The van der Waals surface area contributed by atoms with E-state index in [0.29, 0.717) is 6.04 Å². The maximum atomic E-state index is 4.31. The van der Waals surface area contributed by atoms with Crippen molar-refractivity contribution in [1.29, 1.82) is 0 Å². The molecule has 82 valence electrons. The Morgan fingerprint density at radius 1 is 1.38 bits per heavy atom. The lowest BCUT2D eigenvalue weighted by Crippen LogP contribution is -2.21. The monoisotopic (exact) mass is 215 g/mol. The van der Waals surface area contributed by atoms with Gasteiger partial charge in [-0.25, -0.2) is 4.98 Å². The van der Waals surface area contributed by atoms with Gasteiger partial charge in [0.05, 0.1) is 0 Å². The third-order valence-corrected chi connectivity index (χ3v) is 2.83. The van der Waals surface area contributed by atoms with Gasteiger partial charge in [0.25, 0.3) is 0 Å². The number of nitrogens with one attached hydrogen (secondary N) is 1. The van der Waals surface area contributed by atoms with Crippen molar-refractivity contribution in [3.63, 3.8) is 0 Å². The summed E-state index contributed by atoms with van der Waals surface area (Å²) in [6.07, 6.45) is 13.1. The van der Waals surface area contributed by atoms with E-state index in [1.54, 1.807) is 12.5 Å². The highest BCUT2D eigenvalue weighted by Gasteiger charge is 2.12. The molecule has 0 fully saturated rings. The molecule has 2 aromatic rings. The highest BCUT2D eigenvalue weighted by molar-refractivity contribution is 5.61. The molecule has 0 saturated carbocycles. The van der Waals surface area contributed by atoms with Gasteiger partial charge in [-0.3, -0.25) is 4.40 Å². The zero-order valence-electron chi connectivity index (χ0n) is 8.87. The molecular weight excluding hydrogens is 202 g/mol. The van der Waals surface area contributed by atoms with Crippen molar-refractivity contribution >= 4 is 11.5 Å². The molecule has 0 saturated heterocycles. The van der Waals surface area contributed by atoms with Crippen LogP contribution in [-0.2, 0) is 0 Å². The van der Waals surface area contributed by atoms with Crippen LogP contribution in [0.4, 0.5) is 5.82 Å². The highest BCUT2D eigenvalue weighted by atomic mass is 15.2. The summed E-state index contributed by atoms with van der Waals surface area (Å²) >= 11 is 0. The minimum Gasteiger partial charge on any atom is -0.364 e.